The molecule has 100 valence electrons. The second-order valence-corrected chi connectivity index (χ2v) is 5.48. The van der Waals surface area contributed by atoms with Gasteiger partial charge in [0, 0.05) is 5.38 Å². The van der Waals surface area contributed by atoms with Gasteiger partial charge in [0.1, 0.15) is 5.92 Å². The molecule has 2 N–H and O–H groups in total. The van der Waals surface area contributed by atoms with Gasteiger partial charge in [0.2, 0.25) is 5.91 Å². The molecule has 1 saturated heterocycles. The molecule has 1 fully saturated rings. The molecule has 0 saturated carbocycles. The SMILES string of the molecule is Cc1csc(NC(=O)[C@H]2[C@@H](C(=O)O)[C@@H]3C=C[C@@H]2O3)n1. The predicted octanol–water partition coefficient (Wildman–Crippen LogP) is 1.04. The fourth-order valence-corrected chi connectivity index (χ4v) is 3.21. The van der Waals surface area contributed by atoms with E-state index >= 15 is 0 Å². The normalized spacial score (nSPS) is 31.6. The zero-order valence-electron chi connectivity index (χ0n) is 10.1. The van der Waals surface area contributed by atoms with Gasteiger partial charge in [-0.25, -0.2) is 4.98 Å². The van der Waals surface area contributed by atoms with Gasteiger partial charge >= 0.3 is 5.97 Å². The lowest BCUT2D eigenvalue weighted by Gasteiger charge is -2.20. The largest absolute Gasteiger partial charge is 0.481 e. The van der Waals surface area contributed by atoms with Crippen LogP contribution in [0, 0.1) is 18.8 Å². The number of amides is 1. The van der Waals surface area contributed by atoms with Crippen LogP contribution in [-0.4, -0.2) is 34.2 Å². The van der Waals surface area contributed by atoms with Gasteiger partial charge in [-0.2, -0.15) is 0 Å². The molecule has 0 spiro atoms. The number of carbonyl (C=O) groups excluding carboxylic acids is 1. The Labute approximate surface area is 113 Å². The van der Waals surface area contributed by atoms with Gasteiger partial charge in [0.15, 0.2) is 5.13 Å². The minimum Gasteiger partial charge on any atom is -0.481 e. The minimum atomic E-state index is -1.01. The standard InChI is InChI=1S/C12H12N2O4S/c1-5-4-19-12(13-5)14-10(15)8-6-2-3-7(18-6)9(8)11(16)17/h2-4,6-9H,1H3,(H,16,17)(H,13,14,15)/t6-,7-,8+,9-/m0/s1. The third-order valence-electron chi connectivity index (χ3n) is 3.34. The summed E-state index contributed by atoms with van der Waals surface area (Å²) in [4.78, 5) is 27.6. The second kappa shape index (κ2) is 4.43. The Bertz CT molecular complexity index is 568. The van der Waals surface area contributed by atoms with Crippen LogP contribution >= 0.6 is 11.3 Å². The average molecular weight is 280 g/mol. The number of aliphatic carboxylic acids is 1. The van der Waals surface area contributed by atoms with E-state index in [1.165, 1.54) is 11.3 Å². The summed E-state index contributed by atoms with van der Waals surface area (Å²) in [5, 5.41) is 14.2. The van der Waals surface area contributed by atoms with Crippen molar-refractivity contribution in [1.29, 1.82) is 0 Å². The fraction of sp³-hybridized carbons (Fsp3) is 0.417. The number of carboxylic acids is 1. The number of aromatic nitrogens is 1. The van der Waals surface area contributed by atoms with Crippen LogP contribution in [-0.2, 0) is 14.3 Å². The summed E-state index contributed by atoms with van der Waals surface area (Å²) in [6.45, 7) is 1.83. The van der Waals surface area contributed by atoms with Crippen LogP contribution in [0.15, 0.2) is 17.5 Å². The molecule has 19 heavy (non-hydrogen) atoms. The zero-order chi connectivity index (χ0) is 13.6. The molecule has 3 heterocycles. The third-order valence-corrected chi connectivity index (χ3v) is 4.21. The van der Waals surface area contributed by atoms with E-state index in [0.717, 1.165) is 5.69 Å². The van der Waals surface area contributed by atoms with Crippen molar-refractivity contribution < 1.29 is 19.4 Å². The summed E-state index contributed by atoms with van der Waals surface area (Å²) in [5.41, 5.74) is 0.819. The van der Waals surface area contributed by atoms with Crippen LogP contribution in [0.3, 0.4) is 0 Å². The van der Waals surface area contributed by atoms with Gasteiger partial charge in [-0.05, 0) is 6.92 Å². The van der Waals surface area contributed by atoms with Crippen molar-refractivity contribution >= 4 is 28.3 Å². The van der Waals surface area contributed by atoms with E-state index in [-0.39, 0.29) is 5.91 Å². The Kier molecular flexibility index (Phi) is 2.87. The Balaban J connectivity index is 1.79. The quantitative estimate of drug-likeness (QED) is 0.808. The van der Waals surface area contributed by atoms with Gasteiger partial charge in [-0.15, -0.1) is 11.3 Å². The summed E-state index contributed by atoms with van der Waals surface area (Å²) < 4.78 is 5.45. The maximum Gasteiger partial charge on any atom is 0.310 e. The Morgan fingerprint density at radius 1 is 1.37 bits per heavy atom. The first-order valence-electron chi connectivity index (χ1n) is 5.86. The third kappa shape index (κ3) is 2.04. The van der Waals surface area contributed by atoms with E-state index in [0.29, 0.717) is 5.13 Å². The number of thiazole rings is 1. The van der Waals surface area contributed by atoms with E-state index in [1.54, 1.807) is 12.2 Å². The van der Waals surface area contributed by atoms with Crippen LogP contribution in [0.25, 0.3) is 0 Å². The van der Waals surface area contributed by atoms with Gasteiger partial charge < -0.3 is 15.2 Å². The highest BCUT2D eigenvalue weighted by Crippen LogP contribution is 2.39. The highest BCUT2D eigenvalue weighted by Gasteiger charge is 2.53. The van der Waals surface area contributed by atoms with Crippen molar-refractivity contribution in [2.24, 2.45) is 11.8 Å². The van der Waals surface area contributed by atoms with Crippen LogP contribution in [0.4, 0.5) is 5.13 Å². The number of carbonyl (C=O) groups is 2. The molecule has 2 aliphatic heterocycles. The summed E-state index contributed by atoms with van der Waals surface area (Å²) in [6.07, 6.45) is 2.51. The van der Waals surface area contributed by atoms with Gasteiger partial charge in [0.25, 0.3) is 0 Å². The molecule has 2 aliphatic rings. The lowest BCUT2D eigenvalue weighted by Crippen LogP contribution is -2.39. The molecule has 2 bridgehead atoms. The molecule has 0 radical (unpaired) electrons. The molecule has 0 aliphatic carbocycles. The number of ether oxygens (including phenoxy) is 1. The Morgan fingerprint density at radius 3 is 2.63 bits per heavy atom. The molecule has 7 heteroatoms. The number of nitrogens with zero attached hydrogens (tertiary/aromatic N) is 1. The zero-order valence-corrected chi connectivity index (χ0v) is 10.9. The summed E-state index contributed by atoms with van der Waals surface area (Å²) in [7, 11) is 0. The average Bonchev–Trinajstić information content (AvgIpc) is 3.03. The van der Waals surface area contributed by atoms with E-state index < -0.39 is 30.0 Å². The van der Waals surface area contributed by atoms with Crippen molar-refractivity contribution in [2.75, 3.05) is 5.32 Å². The molecule has 1 aromatic heterocycles. The van der Waals surface area contributed by atoms with Gasteiger partial charge in [0.05, 0.1) is 23.8 Å². The molecule has 6 nitrogen and oxygen atoms in total. The van der Waals surface area contributed by atoms with Crippen LogP contribution < -0.4 is 5.32 Å². The molecule has 0 unspecified atom stereocenters. The van der Waals surface area contributed by atoms with Crippen molar-refractivity contribution in [1.82, 2.24) is 4.98 Å². The van der Waals surface area contributed by atoms with Crippen LogP contribution in [0.5, 0.6) is 0 Å². The maximum absolute atomic E-state index is 12.2. The molecule has 3 rings (SSSR count). The lowest BCUT2D eigenvalue weighted by molar-refractivity contribution is -0.145. The number of hydrogen-bond donors (Lipinski definition) is 2. The smallest absolute Gasteiger partial charge is 0.310 e. The van der Waals surface area contributed by atoms with Crippen molar-refractivity contribution in [3.8, 4) is 0 Å². The number of carboxylic acid groups (broad SMARTS) is 1. The number of anilines is 1. The van der Waals surface area contributed by atoms with Crippen LogP contribution in [0.2, 0.25) is 0 Å². The Hall–Kier alpha value is -1.73. The molecule has 4 atom stereocenters. The number of fused-ring (bicyclic) bond motifs is 2. The van der Waals surface area contributed by atoms with Crippen molar-refractivity contribution in [3.05, 3.63) is 23.2 Å². The monoisotopic (exact) mass is 280 g/mol. The summed E-state index contributed by atoms with van der Waals surface area (Å²) >= 11 is 1.32. The molecular formula is C12H12N2O4S. The molecule has 1 aromatic rings. The fourth-order valence-electron chi connectivity index (χ4n) is 2.52. The highest BCUT2D eigenvalue weighted by molar-refractivity contribution is 7.13. The first kappa shape index (κ1) is 12.3. The second-order valence-electron chi connectivity index (χ2n) is 4.62. The number of nitrogens with one attached hydrogen (secondary N) is 1. The topological polar surface area (TPSA) is 88.5 Å². The molecule has 1 amide bonds. The van der Waals surface area contributed by atoms with E-state index in [2.05, 4.69) is 10.3 Å². The lowest BCUT2D eigenvalue weighted by atomic mass is 9.82. The Morgan fingerprint density at radius 2 is 2.05 bits per heavy atom. The first-order valence-corrected chi connectivity index (χ1v) is 6.74. The first-order chi connectivity index (χ1) is 9.06. The predicted molar refractivity (Wildman–Crippen MR) is 67.9 cm³/mol. The summed E-state index contributed by atoms with van der Waals surface area (Å²) in [5.74, 6) is -2.88. The van der Waals surface area contributed by atoms with E-state index in [9.17, 15) is 14.7 Å². The van der Waals surface area contributed by atoms with Gasteiger partial charge in [-0.1, -0.05) is 12.2 Å². The van der Waals surface area contributed by atoms with Crippen molar-refractivity contribution in [3.63, 3.8) is 0 Å². The highest BCUT2D eigenvalue weighted by atomic mass is 32.1. The maximum atomic E-state index is 12.2. The molecule has 0 aromatic carbocycles. The number of aryl methyl sites for hydroxylation is 1. The van der Waals surface area contributed by atoms with Crippen LogP contribution in [0.1, 0.15) is 5.69 Å². The van der Waals surface area contributed by atoms with Gasteiger partial charge in [-0.3, -0.25) is 9.59 Å². The summed E-state index contributed by atoms with van der Waals surface area (Å²) in [6, 6.07) is 0. The van der Waals surface area contributed by atoms with E-state index in [1.807, 2.05) is 12.3 Å². The van der Waals surface area contributed by atoms with Crippen molar-refractivity contribution in [2.45, 2.75) is 19.1 Å². The number of rotatable bonds is 3. The number of hydrogen-bond acceptors (Lipinski definition) is 5. The molecular weight excluding hydrogens is 268 g/mol. The van der Waals surface area contributed by atoms with E-state index in [4.69, 9.17) is 4.74 Å². The minimum absolute atomic E-state index is 0.349.